The number of hydrogen-bond acceptors (Lipinski definition) is 5. The van der Waals surface area contributed by atoms with E-state index in [1.807, 2.05) is 62.4 Å². The molecule has 0 fully saturated rings. The highest BCUT2D eigenvalue weighted by Crippen LogP contribution is 2.23. The monoisotopic (exact) mass is 400 g/mol. The van der Waals surface area contributed by atoms with Crippen molar-refractivity contribution < 1.29 is 18.7 Å². The Balaban J connectivity index is 1.49. The van der Waals surface area contributed by atoms with Crippen LogP contribution in [0.1, 0.15) is 11.1 Å². The summed E-state index contributed by atoms with van der Waals surface area (Å²) < 4.78 is 16.5. The van der Waals surface area contributed by atoms with Gasteiger partial charge in [-0.3, -0.25) is 4.79 Å². The number of aryl methyl sites for hydroxylation is 2. The number of benzene rings is 3. The maximum Gasteiger partial charge on any atom is 0.349 e. The minimum atomic E-state index is -0.546. The molecule has 0 amide bonds. The van der Waals surface area contributed by atoms with Crippen LogP contribution in [0, 0.1) is 13.8 Å². The fourth-order valence-corrected chi connectivity index (χ4v) is 3.10. The molecule has 5 heteroatoms. The second-order valence-corrected chi connectivity index (χ2v) is 7.01. The number of hydrogen-bond donors (Lipinski definition) is 0. The van der Waals surface area contributed by atoms with Gasteiger partial charge in [-0.15, -0.1) is 0 Å². The number of rotatable bonds is 5. The van der Waals surface area contributed by atoms with Gasteiger partial charge in [-0.25, -0.2) is 4.79 Å². The smallest absolute Gasteiger partial charge is 0.349 e. The molecule has 3 aromatic carbocycles. The van der Waals surface area contributed by atoms with Gasteiger partial charge in [0.2, 0.25) is 0 Å². The standard InChI is InChI=1S/C25H20O5/c1-16-8-9-19(12-17(16)2)28-15-24(26)30-20-10-11-21-23(13-20)29-14-22(25(21)27)18-6-4-3-5-7-18/h3-14H,15H2,1-2H3. The van der Waals surface area contributed by atoms with Crippen LogP contribution in [0.5, 0.6) is 11.5 Å². The van der Waals surface area contributed by atoms with E-state index in [1.165, 1.54) is 12.3 Å². The predicted molar refractivity (Wildman–Crippen MR) is 115 cm³/mol. The summed E-state index contributed by atoms with van der Waals surface area (Å²) in [6.45, 7) is 3.76. The third-order valence-electron chi connectivity index (χ3n) is 4.90. The van der Waals surface area contributed by atoms with E-state index in [4.69, 9.17) is 13.9 Å². The summed E-state index contributed by atoms with van der Waals surface area (Å²) in [6.07, 6.45) is 1.43. The van der Waals surface area contributed by atoms with Gasteiger partial charge in [0.15, 0.2) is 12.0 Å². The fourth-order valence-electron chi connectivity index (χ4n) is 3.10. The quantitative estimate of drug-likeness (QED) is 0.346. The first-order chi connectivity index (χ1) is 14.5. The summed E-state index contributed by atoms with van der Waals surface area (Å²) >= 11 is 0. The van der Waals surface area contributed by atoms with Crippen molar-refractivity contribution in [2.24, 2.45) is 0 Å². The Kier molecular flexibility index (Phi) is 5.35. The van der Waals surface area contributed by atoms with Gasteiger partial charge in [-0.05, 0) is 54.8 Å². The van der Waals surface area contributed by atoms with Crippen LogP contribution in [0.15, 0.2) is 82.2 Å². The lowest BCUT2D eigenvalue weighted by molar-refractivity contribution is -0.136. The SMILES string of the molecule is Cc1ccc(OCC(=O)Oc2ccc3c(=O)c(-c4ccccc4)coc3c2)cc1C. The van der Waals surface area contributed by atoms with Crippen molar-refractivity contribution in [1.29, 1.82) is 0 Å². The molecular weight excluding hydrogens is 380 g/mol. The molecule has 0 bridgehead atoms. The van der Waals surface area contributed by atoms with E-state index < -0.39 is 5.97 Å². The second kappa shape index (κ2) is 8.25. The van der Waals surface area contributed by atoms with E-state index in [0.717, 1.165) is 16.7 Å². The molecular formula is C25H20O5. The van der Waals surface area contributed by atoms with Crippen LogP contribution >= 0.6 is 0 Å². The van der Waals surface area contributed by atoms with E-state index in [-0.39, 0.29) is 17.8 Å². The Labute approximate surface area is 173 Å². The highest BCUT2D eigenvalue weighted by molar-refractivity contribution is 5.83. The molecule has 1 aromatic heterocycles. The first kappa shape index (κ1) is 19.5. The number of carbonyl (C=O) groups is 1. The normalized spacial score (nSPS) is 10.7. The van der Waals surface area contributed by atoms with E-state index in [0.29, 0.717) is 22.3 Å². The Morgan fingerprint density at radius 3 is 2.43 bits per heavy atom. The van der Waals surface area contributed by atoms with E-state index >= 15 is 0 Å². The number of ether oxygens (including phenoxy) is 2. The van der Waals surface area contributed by atoms with Crippen molar-refractivity contribution in [1.82, 2.24) is 0 Å². The molecule has 0 saturated heterocycles. The third kappa shape index (κ3) is 4.10. The summed E-state index contributed by atoms with van der Waals surface area (Å²) in [5.41, 5.74) is 3.71. The van der Waals surface area contributed by atoms with Gasteiger partial charge >= 0.3 is 5.97 Å². The van der Waals surface area contributed by atoms with Crippen molar-refractivity contribution in [2.45, 2.75) is 13.8 Å². The first-order valence-electron chi connectivity index (χ1n) is 9.53. The van der Waals surface area contributed by atoms with Gasteiger partial charge in [-0.1, -0.05) is 36.4 Å². The molecule has 4 aromatic rings. The number of carbonyl (C=O) groups excluding carboxylic acids is 1. The highest BCUT2D eigenvalue weighted by Gasteiger charge is 2.12. The Morgan fingerprint density at radius 2 is 1.67 bits per heavy atom. The zero-order valence-electron chi connectivity index (χ0n) is 16.7. The molecule has 0 unspecified atom stereocenters. The molecule has 0 radical (unpaired) electrons. The predicted octanol–water partition coefficient (Wildman–Crippen LogP) is 5.06. The molecule has 5 nitrogen and oxygen atoms in total. The van der Waals surface area contributed by atoms with Gasteiger partial charge < -0.3 is 13.9 Å². The zero-order valence-corrected chi connectivity index (χ0v) is 16.7. The van der Waals surface area contributed by atoms with Crippen molar-refractivity contribution in [3.8, 4) is 22.6 Å². The van der Waals surface area contributed by atoms with Gasteiger partial charge in [0.05, 0.1) is 10.9 Å². The molecule has 30 heavy (non-hydrogen) atoms. The Morgan fingerprint density at radius 1 is 0.900 bits per heavy atom. The van der Waals surface area contributed by atoms with Crippen molar-refractivity contribution in [2.75, 3.05) is 6.61 Å². The molecule has 150 valence electrons. The van der Waals surface area contributed by atoms with Crippen LogP contribution in [0.2, 0.25) is 0 Å². The lowest BCUT2D eigenvalue weighted by Gasteiger charge is -2.09. The first-order valence-corrected chi connectivity index (χ1v) is 9.53. The van der Waals surface area contributed by atoms with E-state index in [9.17, 15) is 9.59 Å². The summed E-state index contributed by atoms with van der Waals surface area (Å²) in [5.74, 6) is 0.343. The molecule has 4 rings (SSSR count). The molecule has 0 atom stereocenters. The Bertz CT molecular complexity index is 1270. The molecule has 0 aliphatic carbocycles. The Hall–Kier alpha value is -3.86. The summed E-state index contributed by atoms with van der Waals surface area (Å²) in [4.78, 5) is 24.9. The van der Waals surface area contributed by atoms with Crippen LogP contribution in [-0.4, -0.2) is 12.6 Å². The van der Waals surface area contributed by atoms with E-state index in [2.05, 4.69) is 0 Å². The van der Waals surface area contributed by atoms with Crippen molar-refractivity contribution in [3.05, 3.63) is 94.3 Å². The van der Waals surface area contributed by atoms with Crippen molar-refractivity contribution in [3.63, 3.8) is 0 Å². The molecule has 1 heterocycles. The average Bonchev–Trinajstić information content (AvgIpc) is 2.75. The molecule has 0 spiro atoms. The van der Waals surface area contributed by atoms with Gasteiger partial charge in [0.25, 0.3) is 0 Å². The molecule has 0 aliphatic rings. The van der Waals surface area contributed by atoms with Gasteiger partial charge in [0, 0.05) is 6.07 Å². The van der Waals surface area contributed by atoms with E-state index in [1.54, 1.807) is 12.1 Å². The average molecular weight is 400 g/mol. The maximum atomic E-state index is 12.8. The van der Waals surface area contributed by atoms with Crippen LogP contribution in [0.3, 0.4) is 0 Å². The van der Waals surface area contributed by atoms with Crippen molar-refractivity contribution >= 4 is 16.9 Å². The molecule has 0 aliphatic heterocycles. The van der Waals surface area contributed by atoms with Gasteiger partial charge in [0.1, 0.15) is 23.3 Å². The minimum Gasteiger partial charge on any atom is -0.482 e. The number of esters is 1. The topological polar surface area (TPSA) is 65.7 Å². The largest absolute Gasteiger partial charge is 0.482 e. The second-order valence-electron chi connectivity index (χ2n) is 7.01. The lowest BCUT2D eigenvalue weighted by Crippen LogP contribution is -2.17. The molecule has 0 saturated carbocycles. The number of fused-ring (bicyclic) bond motifs is 1. The summed E-state index contributed by atoms with van der Waals surface area (Å²) in [6, 6.07) is 19.6. The van der Waals surface area contributed by atoms with Gasteiger partial charge in [-0.2, -0.15) is 0 Å². The lowest BCUT2D eigenvalue weighted by atomic mass is 10.1. The third-order valence-corrected chi connectivity index (χ3v) is 4.90. The summed E-state index contributed by atoms with van der Waals surface area (Å²) in [7, 11) is 0. The molecule has 0 N–H and O–H groups in total. The zero-order chi connectivity index (χ0) is 21.1. The minimum absolute atomic E-state index is 0.140. The highest BCUT2D eigenvalue weighted by atomic mass is 16.6. The van der Waals surface area contributed by atoms with Crippen LogP contribution < -0.4 is 14.9 Å². The van der Waals surface area contributed by atoms with Crippen LogP contribution in [-0.2, 0) is 4.79 Å². The van der Waals surface area contributed by atoms with Crippen LogP contribution in [0.4, 0.5) is 0 Å². The fraction of sp³-hybridized carbons (Fsp3) is 0.120. The summed E-state index contributed by atoms with van der Waals surface area (Å²) in [5, 5.41) is 0.419. The maximum absolute atomic E-state index is 12.8. The van der Waals surface area contributed by atoms with Crippen LogP contribution in [0.25, 0.3) is 22.1 Å².